The Labute approximate surface area is 93.9 Å². The topological polar surface area (TPSA) is 54.3 Å². The van der Waals surface area contributed by atoms with E-state index in [4.69, 9.17) is 14.3 Å². The van der Waals surface area contributed by atoms with E-state index in [1.165, 1.54) is 0 Å². The molecular weight excluding hydrogens is 211 g/mol. The largest absolute Gasteiger partial charge is 0.322 e. The summed E-state index contributed by atoms with van der Waals surface area (Å²) in [5.74, 6) is 0. The van der Waals surface area contributed by atoms with Gasteiger partial charge in [-0.15, -0.1) is 0 Å². The van der Waals surface area contributed by atoms with Crippen molar-refractivity contribution in [1.82, 2.24) is 5.09 Å². The van der Waals surface area contributed by atoms with Crippen molar-refractivity contribution in [1.29, 1.82) is 5.26 Å². The van der Waals surface area contributed by atoms with Gasteiger partial charge < -0.3 is 9.05 Å². The molecule has 0 heterocycles. The lowest BCUT2D eigenvalue weighted by Gasteiger charge is -2.19. The lowest BCUT2D eigenvalue weighted by atomic mass is 10.4. The van der Waals surface area contributed by atoms with Crippen LogP contribution in [0.3, 0.4) is 0 Å². The highest BCUT2D eigenvalue weighted by atomic mass is 31.2. The number of nitrogens with one attached hydrogen (secondary N) is 1. The highest BCUT2D eigenvalue weighted by Crippen LogP contribution is 2.34. The molecule has 5 heteroatoms. The Balaban J connectivity index is 3.69. The smallest absolute Gasteiger partial charge is 0.256 e. The molecule has 0 aromatic carbocycles. The molecule has 0 spiro atoms. The summed E-state index contributed by atoms with van der Waals surface area (Å²) >= 11 is 0. The molecule has 0 rings (SSSR count). The van der Waals surface area contributed by atoms with E-state index in [1.54, 1.807) is 0 Å². The predicted molar refractivity (Wildman–Crippen MR) is 62.2 cm³/mol. The summed E-state index contributed by atoms with van der Waals surface area (Å²) in [5.41, 5.74) is 0. The summed E-state index contributed by atoms with van der Waals surface area (Å²) in [4.78, 5) is 0. The van der Waals surface area contributed by atoms with Gasteiger partial charge >= 0.3 is 0 Å². The van der Waals surface area contributed by atoms with Crippen molar-refractivity contribution in [3.63, 3.8) is 0 Å². The van der Waals surface area contributed by atoms with Gasteiger partial charge in [0.25, 0.3) is 8.53 Å². The molecule has 88 valence electrons. The molecule has 0 aliphatic heterocycles. The number of hydrogen-bond donors (Lipinski definition) is 1. The van der Waals surface area contributed by atoms with Crippen LogP contribution in [0.5, 0.6) is 0 Å². The third-order valence-electron chi connectivity index (χ3n) is 1.49. The third-order valence-corrected chi connectivity index (χ3v) is 3.05. The fourth-order valence-electron chi connectivity index (χ4n) is 0.789. The SMILES string of the molecule is CCCCOP(NC(C)C)OCCC#N. The molecule has 0 saturated carbocycles. The van der Waals surface area contributed by atoms with Crippen LogP contribution < -0.4 is 5.09 Å². The number of nitrogens with zero attached hydrogens (tertiary/aromatic N) is 1. The first-order chi connectivity index (χ1) is 7.20. The van der Waals surface area contributed by atoms with Gasteiger partial charge in [0.1, 0.15) is 0 Å². The minimum absolute atomic E-state index is 0.333. The Morgan fingerprint density at radius 3 is 2.53 bits per heavy atom. The molecule has 0 amide bonds. The van der Waals surface area contributed by atoms with Crippen LogP contribution in [-0.2, 0) is 9.05 Å². The Kier molecular flexibility index (Phi) is 10.2. The second-order valence-electron chi connectivity index (χ2n) is 3.47. The van der Waals surface area contributed by atoms with Crippen LogP contribution in [-0.4, -0.2) is 19.3 Å². The quantitative estimate of drug-likeness (QED) is 0.490. The summed E-state index contributed by atoms with van der Waals surface area (Å²) in [6, 6.07) is 2.38. The summed E-state index contributed by atoms with van der Waals surface area (Å²) in [6.45, 7) is 7.37. The van der Waals surface area contributed by atoms with Crippen LogP contribution in [0.4, 0.5) is 0 Å². The molecule has 0 aliphatic rings. The van der Waals surface area contributed by atoms with E-state index in [0.29, 0.717) is 25.7 Å². The zero-order valence-corrected chi connectivity index (χ0v) is 10.7. The fourth-order valence-corrected chi connectivity index (χ4v) is 1.99. The normalized spacial score (nSPS) is 12.7. The number of nitriles is 1. The molecule has 0 fully saturated rings. The first kappa shape index (κ1) is 14.8. The predicted octanol–water partition coefficient (Wildman–Crippen LogP) is 2.96. The number of rotatable bonds is 9. The van der Waals surface area contributed by atoms with Crippen molar-refractivity contribution in [2.45, 2.75) is 46.1 Å². The molecule has 0 aliphatic carbocycles. The second-order valence-corrected chi connectivity index (χ2v) is 4.76. The van der Waals surface area contributed by atoms with Crippen LogP contribution >= 0.6 is 8.53 Å². The molecule has 1 atom stereocenters. The lowest BCUT2D eigenvalue weighted by molar-refractivity contribution is 0.240. The van der Waals surface area contributed by atoms with Crippen molar-refractivity contribution in [3.8, 4) is 6.07 Å². The molecule has 15 heavy (non-hydrogen) atoms. The van der Waals surface area contributed by atoms with Gasteiger partial charge in [-0.25, -0.2) is 5.09 Å². The molecule has 0 aromatic heterocycles. The average molecular weight is 232 g/mol. The van der Waals surface area contributed by atoms with E-state index in [2.05, 4.69) is 12.0 Å². The zero-order chi connectivity index (χ0) is 11.5. The van der Waals surface area contributed by atoms with Crippen molar-refractivity contribution in [3.05, 3.63) is 0 Å². The van der Waals surface area contributed by atoms with Gasteiger partial charge in [-0.05, 0) is 20.3 Å². The number of unbranched alkanes of at least 4 members (excludes halogenated alkanes) is 1. The van der Waals surface area contributed by atoms with Crippen LogP contribution in [0, 0.1) is 11.3 Å². The maximum Gasteiger partial charge on any atom is 0.256 e. The monoisotopic (exact) mass is 232 g/mol. The van der Waals surface area contributed by atoms with Gasteiger partial charge in [-0.2, -0.15) is 5.26 Å². The van der Waals surface area contributed by atoms with Crippen molar-refractivity contribution >= 4 is 8.53 Å². The summed E-state index contributed by atoms with van der Waals surface area (Å²) in [5, 5.41) is 11.6. The molecule has 0 bridgehead atoms. The number of hydrogen-bond acceptors (Lipinski definition) is 4. The summed E-state index contributed by atoms with van der Waals surface area (Å²) in [6.07, 6.45) is 2.57. The van der Waals surface area contributed by atoms with E-state index in [-0.39, 0.29) is 0 Å². The van der Waals surface area contributed by atoms with Gasteiger partial charge in [0.15, 0.2) is 0 Å². The average Bonchev–Trinajstić information content (AvgIpc) is 2.17. The highest BCUT2D eigenvalue weighted by molar-refractivity contribution is 7.44. The zero-order valence-electron chi connectivity index (χ0n) is 9.82. The maximum atomic E-state index is 8.39. The van der Waals surface area contributed by atoms with Crippen LogP contribution in [0.25, 0.3) is 0 Å². The first-order valence-electron chi connectivity index (χ1n) is 5.39. The minimum atomic E-state index is -1.02. The summed E-state index contributed by atoms with van der Waals surface area (Å²) < 4.78 is 11.0. The van der Waals surface area contributed by atoms with Gasteiger partial charge in [0.2, 0.25) is 0 Å². The molecule has 0 aromatic rings. The minimum Gasteiger partial charge on any atom is -0.322 e. The molecule has 1 N–H and O–H groups in total. The first-order valence-corrected chi connectivity index (χ1v) is 6.57. The van der Waals surface area contributed by atoms with E-state index < -0.39 is 8.53 Å². The van der Waals surface area contributed by atoms with Crippen molar-refractivity contribution in [2.24, 2.45) is 0 Å². The molecule has 0 radical (unpaired) electrons. The molecule has 0 saturated heterocycles. The van der Waals surface area contributed by atoms with Gasteiger partial charge in [0, 0.05) is 6.04 Å². The van der Waals surface area contributed by atoms with E-state index >= 15 is 0 Å². The standard InChI is InChI=1S/C10H21N2O2P/c1-4-5-8-13-15(12-10(2)3)14-9-6-7-11/h10,12H,4-6,8-9H2,1-3H3. The van der Waals surface area contributed by atoms with Gasteiger partial charge in [-0.1, -0.05) is 13.3 Å². The maximum absolute atomic E-state index is 8.39. The van der Waals surface area contributed by atoms with Crippen molar-refractivity contribution < 1.29 is 9.05 Å². The Morgan fingerprint density at radius 2 is 2.00 bits per heavy atom. The molecular formula is C10H21N2O2P. The van der Waals surface area contributed by atoms with E-state index in [1.807, 2.05) is 19.9 Å². The summed E-state index contributed by atoms with van der Waals surface area (Å²) in [7, 11) is -1.02. The lowest BCUT2D eigenvalue weighted by Crippen LogP contribution is -2.19. The Morgan fingerprint density at radius 1 is 1.33 bits per heavy atom. The van der Waals surface area contributed by atoms with Crippen molar-refractivity contribution in [2.75, 3.05) is 13.2 Å². The van der Waals surface area contributed by atoms with Crippen LogP contribution in [0.15, 0.2) is 0 Å². The van der Waals surface area contributed by atoms with Gasteiger partial charge in [-0.3, -0.25) is 0 Å². The van der Waals surface area contributed by atoms with E-state index in [0.717, 1.165) is 12.8 Å². The van der Waals surface area contributed by atoms with Gasteiger partial charge in [0.05, 0.1) is 25.7 Å². The molecule has 4 nitrogen and oxygen atoms in total. The molecule has 1 unspecified atom stereocenters. The Bertz CT molecular complexity index is 183. The van der Waals surface area contributed by atoms with Crippen LogP contribution in [0.1, 0.15) is 40.0 Å². The fraction of sp³-hybridized carbons (Fsp3) is 0.900. The second kappa shape index (κ2) is 10.3. The third kappa shape index (κ3) is 10.1. The Hall–Kier alpha value is -0.200. The van der Waals surface area contributed by atoms with E-state index in [9.17, 15) is 0 Å². The van der Waals surface area contributed by atoms with Crippen LogP contribution in [0.2, 0.25) is 0 Å². The highest BCUT2D eigenvalue weighted by Gasteiger charge is 2.11.